The number of nitrogens with zero attached hydrogens (tertiary/aromatic N) is 1. The second-order valence-corrected chi connectivity index (χ2v) is 5.96. The van der Waals surface area contributed by atoms with E-state index in [2.05, 4.69) is 4.72 Å². The molecule has 102 valence electrons. The summed E-state index contributed by atoms with van der Waals surface area (Å²) < 4.78 is 39.2. The van der Waals surface area contributed by atoms with Gasteiger partial charge in [-0.1, -0.05) is 11.6 Å². The summed E-state index contributed by atoms with van der Waals surface area (Å²) in [5.74, 6) is -0.523. The zero-order valence-electron chi connectivity index (χ0n) is 9.97. The van der Waals surface area contributed by atoms with Crippen molar-refractivity contribution in [2.45, 2.75) is 4.90 Å². The number of hydrogen-bond acceptors (Lipinski definition) is 3. The molecule has 0 amide bonds. The molecule has 0 heterocycles. The molecule has 2 rings (SSSR count). The molecule has 4 nitrogen and oxygen atoms in total. The van der Waals surface area contributed by atoms with Crippen molar-refractivity contribution in [1.29, 1.82) is 5.26 Å². The number of rotatable bonds is 3. The van der Waals surface area contributed by atoms with Gasteiger partial charge < -0.3 is 0 Å². The first-order chi connectivity index (χ1) is 9.42. The van der Waals surface area contributed by atoms with Crippen LogP contribution >= 0.6 is 11.6 Å². The molecule has 0 atom stereocenters. The SMILES string of the molecule is N#Cc1ccc(NS(=O)(=O)c2ccc(F)cc2)cc1Cl. The van der Waals surface area contributed by atoms with E-state index in [1.165, 1.54) is 18.2 Å². The molecule has 2 aromatic carbocycles. The topological polar surface area (TPSA) is 70.0 Å². The Morgan fingerprint density at radius 3 is 2.35 bits per heavy atom. The number of nitrogens with one attached hydrogen (secondary N) is 1. The van der Waals surface area contributed by atoms with Crippen LogP contribution < -0.4 is 4.72 Å². The van der Waals surface area contributed by atoms with Crippen LogP contribution in [0.3, 0.4) is 0 Å². The minimum absolute atomic E-state index is 0.0700. The van der Waals surface area contributed by atoms with Crippen LogP contribution in [0.5, 0.6) is 0 Å². The summed E-state index contributed by atoms with van der Waals surface area (Å²) in [6.45, 7) is 0. The first kappa shape index (κ1) is 14.3. The fourth-order valence-corrected chi connectivity index (χ4v) is 2.77. The van der Waals surface area contributed by atoms with Crippen molar-refractivity contribution >= 4 is 27.3 Å². The van der Waals surface area contributed by atoms with Crippen molar-refractivity contribution in [3.63, 3.8) is 0 Å². The van der Waals surface area contributed by atoms with Gasteiger partial charge in [-0.3, -0.25) is 4.72 Å². The molecule has 1 N–H and O–H groups in total. The van der Waals surface area contributed by atoms with Gasteiger partial charge in [0.05, 0.1) is 21.2 Å². The number of anilines is 1. The van der Waals surface area contributed by atoms with E-state index in [9.17, 15) is 12.8 Å². The van der Waals surface area contributed by atoms with Crippen LogP contribution in [0.15, 0.2) is 47.4 Å². The van der Waals surface area contributed by atoms with Crippen molar-refractivity contribution in [2.75, 3.05) is 4.72 Å². The molecule has 0 aliphatic rings. The van der Waals surface area contributed by atoms with E-state index in [0.29, 0.717) is 0 Å². The van der Waals surface area contributed by atoms with Gasteiger partial charge >= 0.3 is 0 Å². The lowest BCUT2D eigenvalue weighted by atomic mass is 10.2. The van der Waals surface area contributed by atoms with E-state index in [1.807, 2.05) is 6.07 Å². The van der Waals surface area contributed by atoms with Crippen molar-refractivity contribution in [3.8, 4) is 6.07 Å². The maximum Gasteiger partial charge on any atom is 0.261 e. The summed E-state index contributed by atoms with van der Waals surface area (Å²) in [6.07, 6.45) is 0. The minimum Gasteiger partial charge on any atom is -0.280 e. The molecule has 0 aliphatic carbocycles. The minimum atomic E-state index is -3.82. The molecule has 0 saturated heterocycles. The number of benzene rings is 2. The van der Waals surface area contributed by atoms with Crippen LogP contribution in [0.4, 0.5) is 10.1 Å². The third kappa shape index (κ3) is 3.07. The molecule has 0 aliphatic heterocycles. The van der Waals surface area contributed by atoms with Crippen LogP contribution in [-0.4, -0.2) is 8.42 Å². The second-order valence-electron chi connectivity index (χ2n) is 3.87. The highest BCUT2D eigenvalue weighted by atomic mass is 35.5. The maximum atomic E-state index is 12.8. The lowest BCUT2D eigenvalue weighted by Crippen LogP contribution is -2.12. The van der Waals surface area contributed by atoms with Crippen LogP contribution in [0.1, 0.15) is 5.56 Å². The van der Waals surface area contributed by atoms with Gasteiger partial charge in [-0.05, 0) is 42.5 Å². The van der Waals surface area contributed by atoms with E-state index in [0.717, 1.165) is 24.3 Å². The zero-order valence-corrected chi connectivity index (χ0v) is 11.5. The highest BCUT2D eigenvalue weighted by Crippen LogP contribution is 2.22. The Bertz CT molecular complexity index is 783. The largest absolute Gasteiger partial charge is 0.280 e. The molecule has 7 heteroatoms. The summed E-state index contributed by atoms with van der Waals surface area (Å²) in [5.41, 5.74) is 0.467. The Hall–Kier alpha value is -2.10. The van der Waals surface area contributed by atoms with E-state index >= 15 is 0 Å². The molecule has 0 unspecified atom stereocenters. The first-order valence-electron chi connectivity index (χ1n) is 5.40. The summed E-state index contributed by atoms with van der Waals surface area (Å²) in [5, 5.41) is 8.88. The predicted octanol–water partition coefficient (Wildman–Crippen LogP) is 3.15. The molecule has 0 spiro atoms. The average molecular weight is 311 g/mol. The molecular weight excluding hydrogens is 303 g/mol. The normalized spacial score (nSPS) is 10.8. The van der Waals surface area contributed by atoms with Crippen LogP contribution in [0, 0.1) is 17.1 Å². The first-order valence-corrected chi connectivity index (χ1v) is 7.26. The molecule has 2 aromatic rings. The monoisotopic (exact) mass is 310 g/mol. The third-order valence-corrected chi connectivity index (χ3v) is 4.18. The highest BCUT2D eigenvalue weighted by molar-refractivity contribution is 7.92. The smallest absolute Gasteiger partial charge is 0.261 e. The molecule has 0 aromatic heterocycles. The van der Waals surface area contributed by atoms with Gasteiger partial charge in [0, 0.05) is 0 Å². The highest BCUT2D eigenvalue weighted by Gasteiger charge is 2.14. The van der Waals surface area contributed by atoms with Gasteiger partial charge in [-0.15, -0.1) is 0 Å². The summed E-state index contributed by atoms with van der Waals surface area (Å²) in [7, 11) is -3.82. The van der Waals surface area contributed by atoms with Gasteiger partial charge in [-0.2, -0.15) is 5.26 Å². The Labute approximate surface area is 120 Å². The number of halogens is 2. The van der Waals surface area contributed by atoms with Crippen molar-refractivity contribution in [3.05, 3.63) is 58.9 Å². The Balaban J connectivity index is 2.31. The van der Waals surface area contributed by atoms with E-state index in [-0.39, 0.29) is 21.2 Å². The van der Waals surface area contributed by atoms with Gasteiger partial charge in [0.2, 0.25) is 0 Å². The van der Waals surface area contributed by atoms with Gasteiger partial charge in [-0.25, -0.2) is 12.8 Å². The van der Waals surface area contributed by atoms with Crippen LogP contribution in [-0.2, 0) is 10.0 Å². The van der Waals surface area contributed by atoms with E-state index < -0.39 is 15.8 Å². The van der Waals surface area contributed by atoms with Gasteiger partial charge in [0.25, 0.3) is 10.0 Å². The Morgan fingerprint density at radius 2 is 1.80 bits per heavy atom. The molecule has 20 heavy (non-hydrogen) atoms. The fraction of sp³-hybridized carbons (Fsp3) is 0. The van der Waals surface area contributed by atoms with E-state index in [1.54, 1.807) is 0 Å². The molecule has 0 radical (unpaired) electrons. The molecule has 0 saturated carbocycles. The Kier molecular flexibility index (Phi) is 3.93. The fourth-order valence-electron chi connectivity index (χ4n) is 1.50. The zero-order chi connectivity index (χ0) is 14.8. The van der Waals surface area contributed by atoms with Crippen molar-refractivity contribution in [1.82, 2.24) is 0 Å². The molecule has 0 fully saturated rings. The van der Waals surface area contributed by atoms with Crippen molar-refractivity contribution in [2.24, 2.45) is 0 Å². The molecular formula is C13H8ClFN2O2S. The third-order valence-electron chi connectivity index (χ3n) is 2.47. The number of sulfonamides is 1. The van der Waals surface area contributed by atoms with Crippen molar-refractivity contribution < 1.29 is 12.8 Å². The van der Waals surface area contributed by atoms with Gasteiger partial charge in [0.1, 0.15) is 11.9 Å². The molecule has 0 bridgehead atoms. The number of hydrogen-bond donors (Lipinski definition) is 1. The summed E-state index contributed by atoms with van der Waals surface area (Å²) in [6, 6.07) is 10.5. The standard InChI is InChI=1S/C13H8ClFN2O2S/c14-13-7-11(4-1-9(13)8-16)17-20(18,19)12-5-2-10(15)3-6-12/h1-7,17H. The van der Waals surface area contributed by atoms with Crippen LogP contribution in [0.2, 0.25) is 5.02 Å². The lowest BCUT2D eigenvalue weighted by molar-refractivity contribution is 0.599. The lowest BCUT2D eigenvalue weighted by Gasteiger charge is -2.08. The van der Waals surface area contributed by atoms with Crippen LogP contribution in [0.25, 0.3) is 0 Å². The predicted molar refractivity (Wildman–Crippen MR) is 73.4 cm³/mol. The second kappa shape index (κ2) is 5.49. The number of nitriles is 1. The average Bonchev–Trinajstić information content (AvgIpc) is 2.39. The maximum absolute atomic E-state index is 12.8. The quantitative estimate of drug-likeness (QED) is 0.946. The Morgan fingerprint density at radius 1 is 1.15 bits per heavy atom. The van der Waals surface area contributed by atoms with Gasteiger partial charge in [0.15, 0.2) is 0 Å². The summed E-state index contributed by atoms with van der Waals surface area (Å²) >= 11 is 5.82. The van der Waals surface area contributed by atoms with E-state index in [4.69, 9.17) is 16.9 Å². The summed E-state index contributed by atoms with van der Waals surface area (Å²) in [4.78, 5) is -0.0700.